The Morgan fingerprint density at radius 3 is 2.50 bits per heavy atom. The van der Waals surface area contributed by atoms with E-state index in [0.717, 1.165) is 31.4 Å². The molecule has 0 unspecified atom stereocenters. The summed E-state index contributed by atoms with van der Waals surface area (Å²) in [7, 11) is 0. The van der Waals surface area contributed by atoms with Crippen LogP contribution in [0.2, 0.25) is 0 Å². The number of hydrogen-bond donors (Lipinski definition) is 1. The van der Waals surface area contributed by atoms with E-state index in [2.05, 4.69) is 10.5 Å². The molecule has 4 nitrogen and oxygen atoms in total. The minimum atomic E-state index is -0.0216. The quantitative estimate of drug-likeness (QED) is 0.673. The van der Waals surface area contributed by atoms with Crippen LogP contribution in [0.4, 0.5) is 0 Å². The van der Waals surface area contributed by atoms with Crippen molar-refractivity contribution in [3.8, 4) is 5.75 Å². The molecule has 0 radical (unpaired) electrons. The molecule has 0 aliphatic heterocycles. The number of rotatable bonds is 3. The maximum absolute atomic E-state index is 10.4. The van der Waals surface area contributed by atoms with Crippen molar-refractivity contribution in [1.82, 2.24) is 5.32 Å². The van der Waals surface area contributed by atoms with Gasteiger partial charge in [0, 0.05) is 6.04 Å². The van der Waals surface area contributed by atoms with Gasteiger partial charge < -0.3 is 10.1 Å². The molecule has 0 aromatic heterocycles. The maximum atomic E-state index is 10.4. The average Bonchev–Trinajstić information content (AvgIpc) is 2.40. The van der Waals surface area contributed by atoms with Gasteiger partial charge in [-0.05, 0) is 50.0 Å². The van der Waals surface area contributed by atoms with E-state index in [1.54, 1.807) is 0 Å². The molecule has 2 rings (SSSR count). The van der Waals surface area contributed by atoms with Crippen molar-refractivity contribution in [2.45, 2.75) is 37.8 Å². The first-order valence-corrected chi connectivity index (χ1v) is 6.54. The molecule has 1 saturated carbocycles. The third-order valence-corrected chi connectivity index (χ3v) is 3.32. The molecule has 1 N–H and O–H groups in total. The number of nitroso groups, excluding NO2 is 1. The highest BCUT2D eigenvalue weighted by atomic mass is 32.1. The van der Waals surface area contributed by atoms with Crippen molar-refractivity contribution in [1.29, 1.82) is 0 Å². The van der Waals surface area contributed by atoms with Crippen LogP contribution in [0.5, 0.6) is 5.75 Å². The van der Waals surface area contributed by atoms with Gasteiger partial charge in [-0.2, -0.15) is 4.91 Å². The molecule has 0 amide bonds. The van der Waals surface area contributed by atoms with E-state index in [1.165, 1.54) is 0 Å². The summed E-state index contributed by atoms with van der Waals surface area (Å²) in [6, 6.07) is 9.72. The molecule has 0 saturated heterocycles. The van der Waals surface area contributed by atoms with Gasteiger partial charge >= 0.3 is 0 Å². The highest BCUT2D eigenvalue weighted by Gasteiger charge is 2.22. The van der Waals surface area contributed by atoms with Crippen molar-refractivity contribution in [2.75, 3.05) is 0 Å². The molecular formula is C13H16N2O2S. The molecule has 1 aromatic carbocycles. The van der Waals surface area contributed by atoms with Gasteiger partial charge in [0.2, 0.25) is 0 Å². The summed E-state index contributed by atoms with van der Waals surface area (Å²) < 4.78 is 5.51. The molecule has 5 heteroatoms. The van der Waals surface area contributed by atoms with Crippen molar-refractivity contribution in [3.05, 3.63) is 35.2 Å². The molecular weight excluding hydrogens is 248 g/mol. The molecule has 0 atom stereocenters. The lowest BCUT2D eigenvalue weighted by Gasteiger charge is -2.26. The molecule has 0 spiro atoms. The molecule has 1 aromatic rings. The number of benzene rings is 1. The van der Waals surface area contributed by atoms with Gasteiger partial charge in [-0.25, -0.2) is 0 Å². The van der Waals surface area contributed by atoms with Crippen molar-refractivity contribution in [2.24, 2.45) is 5.18 Å². The summed E-state index contributed by atoms with van der Waals surface area (Å²) in [5.41, 5.74) is 0. The second-order valence-electron chi connectivity index (χ2n) is 4.46. The number of hydrogen-bond acceptors (Lipinski definition) is 4. The zero-order chi connectivity index (χ0) is 12.8. The normalized spacial score (nSPS) is 23.1. The van der Waals surface area contributed by atoms with E-state index < -0.39 is 0 Å². The molecule has 18 heavy (non-hydrogen) atoms. The summed E-state index contributed by atoms with van der Waals surface area (Å²) in [6.07, 6.45) is 3.48. The van der Waals surface area contributed by atoms with Crippen LogP contribution in [-0.2, 0) is 0 Å². The lowest BCUT2D eigenvalue weighted by molar-refractivity contribution is 0.361. The van der Waals surface area contributed by atoms with Gasteiger partial charge in [-0.3, -0.25) is 0 Å². The molecule has 96 valence electrons. The second-order valence-corrected chi connectivity index (χ2v) is 4.83. The topological polar surface area (TPSA) is 50.7 Å². The Morgan fingerprint density at radius 2 is 1.89 bits per heavy atom. The van der Waals surface area contributed by atoms with Crippen molar-refractivity contribution in [3.63, 3.8) is 0 Å². The standard InChI is InChI=1S/C13H16N2O2S/c16-15-11-8-6-10(7-9-11)14-13(18)17-12-4-2-1-3-5-12/h1-5,10-11H,6-9H2,(H,14,18). The van der Waals surface area contributed by atoms with Crippen LogP contribution in [-0.4, -0.2) is 17.3 Å². The number of thiocarbonyl (C=S) groups is 1. The van der Waals surface area contributed by atoms with Crippen LogP contribution in [0.1, 0.15) is 25.7 Å². The van der Waals surface area contributed by atoms with Gasteiger partial charge in [0.1, 0.15) is 5.75 Å². The Hall–Kier alpha value is -1.49. The number of para-hydroxylation sites is 1. The number of nitrogens with zero attached hydrogens (tertiary/aromatic N) is 1. The zero-order valence-corrected chi connectivity index (χ0v) is 10.9. The summed E-state index contributed by atoms with van der Waals surface area (Å²) in [5, 5.41) is 6.66. The molecule has 1 aliphatic carbocycles. The third kappa shape index (κ3) is 3.77. The largest absolute Gasteiger partial charge is 0.432 e. The predicted molar refractivity (Wildman–Crippen MR) is 74.6 cm³/mol. The Balaban J connectivity index is 1.77. The molecule has 1 fully saturated rings. The smallest absolute Gasteiger partial charge is 0.262 e. The maximum Gasteiger partial charge on any atom is 0.262 e. The summed E-state index contributed by atoms with van der Waals surface area (Å²) >= 11 is 5.16. The Morgan fingerprint density at radius 1 is 1.22 bits per heavy atom. The van der Waals surface area contributed by atoms with E-state index in [-0.39, 0.29) is 6.04 Å². The first kappa shape index (κ1) is 13.0. The van der Waals surface area contributed by atoms with Crippen LogP contribution >= 0.6 is 12.2 Å². The van der Waals surface area contributed by atoms with Crippen LogP contribution < -0.4 is 10.1 Å². The molecule has 0 bridgehead atoms. The van der Waals surface area contributed by atoms with Crippen LogP contribution in [0, 0.1) is 4.91 Å². The van der Waals surface area contributed by atoms with Crippen LogP contribution in [0.25, 0.3) is 0 Å². The van der Waals surface area contributed by atoms with Crippen molar-refractivity contribution >= 4 is 17.4 Å². The summed E-state index contributed by atoms with van der Waals surface area (Å²) in [4.78, 5) is 10.4. The summed E-state index contributed by atoms with van der Waals surface area (Å²) in [6.45, 7) is 0. The minimum absolute atomic E-state index is 0.0216. The highest BCUT2D eigenvalue weighted by Crippen LogP contribution is 2.21. The molecule has 0 heterocycles. The van der Waals surface area contributed by atoms with E-state index in [1.807, 2.05) is 30.3 Å². The van der Waals surface area contributed by atoms with E-state index in [4.69, 9.17) is 17.0 Å². The van der Waals surface area contributed by atoms with Gasteiger partial charge in [-0.15, -0.1) is 0 Å². The van der Waals surface area contributed by atoms with E-state index >= 15 is 0 Å². The van der Waals surface area contributed by atoms with Crippen molar-refractivity contribution < 1.29 is 4.74 Å². The first-order chi connectivity index (χ1) is 8.78. The first-order valence-electron chi connectivity index (χ1n) is 6.14. The highest BCUT2D eigenvalue weighted by molar-refractivity contribution is 7.80. The third-order valence-electron chi connectivity index (χ3n) is 3.12. The minimum Gasteiger partial charge on any atom is -0.432 e. The van der Waals surface area contributed by atoms with Crippen LogP contribution in [0.15, 0.2) is 35.5 Å². The summed E-state index contributed by atoms with van der Waals surface area (Å²) in [5.74, 6) is 0.734. The van der Waals surface area contributed by atoms with Gasteiger partial charge in [0.25, 0.3) is 5.17 Å². The van der Waals surface area contributed by atoms with Gasteiger partial charge in [0.15, 0.2) is 0 Å². The lowest BCUT2D eigenvalue weighted by Crippen LogP contribution is -2.39. The molecule has 1 aliphatic rings. The van der Waals surface area contributed by atoms with Crippen LogP contribution in [0.3, 0.4) is 0 Å². The number of ether oxygens (including phenoxy) is 1. The Kier molecular flexibility index (Phi) is 4.64. The van der Waals surface area contributed by atoms with E-state index in [9.17, 15) is 4.91 Å². The second kappa shape index (κ2) is 6.44. The monoisotopic (exact) mass is 264 g/mol. The Bertz CT molecular complexity index is 403. The van der Waals surface area contributed by atoms with Gasteiger partial charge in [0.05, 0.1) is 6.04 Å². The number of nitrogens with one attached hydrogen (secondary N) is 1. The fourth-order valence-electron chi connectivity index (χ4n) is 2.12. The SMILES string of the molecule is O=NC1CCC(NC(=S)Oc2ccccc2)CC1. The zero-order valence-electron chi connectivity index (χ0n) is 10.0. The van der Waals surface area contributed by atoms with Gasteiger partial charge in [-0.1, -0.05) is 23.4 Å². The van der Waals surface area contributed by atoms with E-state index in [0.29, 0.717) is 11.2 Å². The predicted octanol–water partition coefficient (Wildman–Crippen LogP) is 3.02. The fraction of sp³-hybridized carbons (Fsp3) is 0.462. The Labute approximate surface area is 112 Å². The fourth-order valence-corrected chi connectivity index (χ4v) is 2.38. The average molecular weight is 264 g/mol. The lowest BCUT2D eigenvalue weighted by atomic mass is 9.92.